The van der Waals surface area contributed by atoms with Gasteiger partial charge in [0.2, 0.25) is 15.9 Å². The highest BCUT2D eigenvalue weighted by molar-refractivity contribution is 7.89. The molecule has 5 nitrogen and oxygen atoms in total. The monoisotopic (exact) mass is 378 g/mol. The van der Waals surface area contributed by atoms with Gasteiger partial charge in [-0.3, -0.25) is 4.79 Å². The number of carbonyl (C=O) groups excluding carboxylic acids is 1. The van der Waals surface area contributed by atoms with Crippen molar-refractivity contribution in [2.24, 2.45) is 5.92 Å². The Morgan fingerprint density at radius 3 is 2.60 bits per heavy atom. The van der Waals surface area contributed by atoms with Crippen molar-refractivity contribution in [1.29, 1.82) is 0 Å². The maximum atomic E-state index is 12.3. The zero-order valence-electron chi connectivity index (χ0n) is 13.8. The Hall–Kier alpha value is -1.89. The maximum Gasteiger partial charge on any atom is 0.240 e. The van der Waals surface area contributed by atoms with E-state index in [1.165, 1.54) is 12.1 Å². The van der Waals surface area contributed by atoms with E-state index in [0.29, 0.717) is 18.0 Å². The minimum Gasteiger partial charge on any atom is -0.312 e. The summed E-state index contributed by atoms with van der Waals surface area (Å²) in [6, 6.07) is 13.8. The molecular weight excluding hydrogens is 360 g/mol. The third kappa shape index (κ3) is 4.21. The van der Waals surface area contributed by atoms with Gasteiger partial charge in [-0.15, -0.1) is 0 Å². The van der Waals surface area contributed by atoms with Gasteiger partial charge in [-0.05, 0) is 43.2 Å². The first-order valence-corrected chi connectivity index (χ1v) is 9.83. The second-order valence-electron chi connectivity index (χ2n) is 6.22. The number of sulfonamides is 1. The molecule has 1 aliphatic rings. The molecule has 1 heterocycles. The fourth-order valence-corrected chi connectivity index (χ4v) is 4.25. The molecule has 1 amide bonds. The zero-order chi connectivity index (χ0) is 18.0. The van der Waals surface area contributed by atoms with Crippen LogP contribution in [0.3, 0.4) is 0 Å². The van der Waals surface area contributed by atoms with Crippen LogP contribution in [0.15, 0.2) is 53.4 Å². The van der Waals surface area contributed by atoms with Crippen molar-refractivity contribution >= 4 is 33.2 Å². The van der Waals surface area contributed by atoms with Crippen molar-refractivity contribution in [1.82, 2.24) is 4.72 Å². The molecule has 0 spiro atoms. The highest BCUT2D eigenvalue weighted by Gasteiger charge is 2.31. The Kier molecular flexibility index (Phi) is 5.13. The third-order valence-electron chi connectivity index (χ3n) is 4.22. The fraction of sp³-hybridized carbons (Fsp3) is 0.278. The molecule has 1 atom stereocenters. The molecule has 0 radical (unpaired) electrons. The van der Waals surface area contributed by atoms with Crippen molar-refractivity contribution in [3.8, 4) is 0 Å². The zero-order valence-corrected chi connectivity index (χ0v) is 15.3. The van der Waals surface area contributed by atoms with E-state index in [4.69, 9.17) is 11.6 Å². The molecule has 132 valence electrons. The number of nitrogens with one attached hydrogen (secondary N) is 1. The number of carbonyl (C=O) groups is 1. The molecule has 1 N–H and O–H groups in total. The average molecular weight is 379 g/mol. The fourth-order valence-electron chi connectivity index (χ4n) is 2.84. The summed E-state index contributed by atoms with van der Waals surface area (Å²) < 4.78 is 27.3. The van der Waals surface area contributed by atoms with Crippen LogP contribution in [0.4, 0.5) is 5.69 Å². The van der Waals surface area contributed by atoms with Crippen molar-refractivity contribution < 1.29 is 13.2 Å². The molecule has 25 heavy (non-hydrogen) atoms. The van der Waals surface area contributed by atoms with E-state index in [1.54, 1.807) is 17.0 Å². The predicted octanol–water partition coefficient (Wildman–Crippen LogP) is 2.98. The van der Waals surface area contributed by atoms with E-state index >= 15 is 0 Å². The van der Waals surface area contributed by atoms with Crippen LogP contribution in [-0.4, -0.2) is 27.4 Å². The van der Waals surface area contributed by atoms with Gasteiger partial charge in [0.05, 0.1) is 4.90 Å². The van der Waals surface area contributed by atoms with Gasteiger partial charge in [0.15, 0.2) is 0 Å². The van der Waals surface area contributed by atoms with Gasteiger partial charge < -0.3 is 4.90 Å². The van der Waals surface area contributed by atoms with Crippen LogP contribution in [-0.2, 0) is 14.8 Å². The Labute approximate surface area is 152 Å². The topological polar surface area (TPSA) is 66.5 Å². The van der Waals surface area contributed by atoms with Crippen LogP contribution in [0.1, 0.15) is 12.0 Å². The summed E-state index contributed by atoms with van der Waals surface area (Å²) in [4.78, 5) is 14.1. The lowest BCUT2D eigenvalue weighted by Crippen LogP contribution is -2.31. The Morgan fingerprint density at radius 1 is 1.20 bits per heavy atom. The maximum absolute atomic E-state index is 12.3. The predicted molar refractivity (Wildman–Crippen MR) is 98.3 cm³/mol. The lowest BCUT2D eigenvalue weighted by atomic mass is 10.1. The molecule has 1 saturated heterocycles. The number of aryl methyl sites for hydroxylation is 1. The Morgan fingerprint density at radius 2 is 1.92 bits per heavy atom. The lowest BCUT2D eigenvalue weighted by molar-refractivity contribution is -0.117. The molecule has 0 bridgehead atoms. The summed E-state index contributed by atoms with van der Waals surface area (Å²) in [5.74, 6) is -0.0569. The number of anilines is 1. The molecule has 2 aromatic rings. The van der Waals surface area contributed by atoms with Gasteiger partial charge in [0.1, 0.15) is 0 Å². The largest absolute Gasteiger partial charge is 0.312 e. The van der Waals surface area contributed by atoms with Crippen LogP contribution in [0, 0.1) is 12.8 Å². The standard InChI is InChI=1S/C18H19ClN2O3S/c1-13-5-7-16(8-6-13)21-12-14(9-18(21)22)11-20-25(23,24)17-4-2-3-15(19)10-17/h2-8,10,14,20H,9,11-12H2,1H3. The summed E-state index contributed by atoms with van der Waals surface area (Å²) >= 11 is 5.85. The molecule has 1 unspecified atom stereocenters. The summed E-state index contributed by atoms with van der Waals surface area (Å²) in [7, 11) is -3.64. The molecule has 2 aromatic carbocycles. The van der Waals surface area contributed by atoms with Crippen LogP contribution < -0.4 is 9.62 Å². The van der Waals surface area contributed by atoms with Crippen LogP contribution in [0.25, 0.3) is 0 Å². The van der Waals surface area contributed by atoms with E-state index < -0.39 is 10.0 Å². The van der Waals surface area contributed by atoms with Gasteiger partial charge in [0, 0.05) is 30.2 Å². The second kappa shape index (κ2) is 7.15. The number of hydrogen-bond acceptors (Lipinski definition) is 3. The summed E-state index contributed by atoms with van der Waals surface area (Å²) in [6.45, 7) is 2.70. The molecular formula is C18H19ClN2O3S. The van der Waals surface area contributed by atoms with E-state index in [0.717, 1.165) is 11.3 Å². The number of rotatable bonds is 5. The second-order valence-corrected chi connectivity index (χ2v) is 8.42. The summed E-state index contributed by atoms with van der Waals surface area (Å²) in [5, 5.41) is 0.365. The van der Waals surface area contributed by atoms with Gasteiger partial charge >= 0.3 is 0 Å². The average Bonchev–Trinajstić information content (AvgIpc) is 2.95. The highest BCUT2D eigenvalue weighted by Crippen LogP contribution is 2.25. The van der Waals surface area contributed by atoms with E-state index in [1.807, 2.05) is 31.2 Å². The van der Waals surface area contributed by atoms with E-state index in [2.05, 4.69) is 4.72 Å². The summed E-state index contributed by atoms with van der Waals surface area (Å²) in [6.07, 6.45) is 0.325. The Bertz CT molecular complexity index is 881. The number of amides is 1. The normalized spacial score (nSPS) is 17.9. The van der Waals surface area contributed by atoms with Crippen molar-refractivity contribution in [2.75, 3.05) is 18.0 Å². The SMILES string of the molecule is Cc1ccc(N2CC(CNS(=O)(=O)c3cccc(Cl)c3)CC2=O)cc1. The van der Waals surface area contributed by atoms with E-state index in [9.17, 15) is 13.2 Å². The van der Waals surface area contributed by atoms with Gasteiger partial charge in [-0.1, -0.05) is 35.4 Å². The number of halogens is 1. The summed E-state index contributed by atoms with van der Waals surface area (Å²) in [5.41, 5.74) is 1.97. The van der Waals surface area contributed by atoms with Crippen molar-refractivity contribution in [3.63, 3.8) is 0 Å². The molecule has 0 aromatic heterocycles. The highest BCUT2D eigenvalue weighted by atomic mass is 35.5. The van der Waals surface area contributed by atoms with Gasteiger partial charge in [0.25, 0.3) is 0 Å². The number of benzene rings is 2. The number of hydrogen-bond donors (Lipinski definition) is 1. The van der Waals surface area contributed by atoms with Crippen LogP contribution in [0.5, 0.6) is 0 Å². The van der Waals surface area contributed by atoms with Gasteiger partial charge in [-0.2, -0.15) is 0 Å². The molecule has 0 saturated carbocycles. The molecule has 0 aliphatic carbocycles. The van der Waals surface area contributed by atoms with Crippen LogP contribution >= 0.6 is 11.6 Å². The van der Waals surface area contributed by atoms with Gasteiger partial charge in [-0.25, -0.2) is 13.1 Å². The molecule has 7 heteroatoms. The molecule has 3 rings (SSSR count). The minimum absolute atomic E-state index is 0.0100. The smallest absolute Gasteiger partial charge is 0.240 e. The van der Waals surface area contributed by atoms with Crippen molar-refractivity contribution in [3.05, 3.63) is 59.1 Å². The Balaban J connectivity index is 1.65. The quantitative estimate of drug-likeness (QED) is 0.869. The van der Waals surface area contributed by atoms with E-state index in [-0.39, 0.29) is 23.3 Å². The first-order chi connectivity index (χ1) is 11.8. The lowest BCUT2D eigenvalue weighted by Gasteiger charge is -2.17. The molecule has 1 fully saturated rings. The van der Waals surface area contributed by atoms with Crippen LogP contribution in [0.2, 0.25) is 5.02 Å². The van der Waals surface area contributed by atoms with Crippen molar-refractivity contribution in [2.45, 2.75) is 18.2 Å². The minimum atomic E-state index is -3.64. The third-order valence-corrected chi connectivity index (χ3v) is 5.88. The molecule has 1 aliphatic heterocycles. The first kappa shape index (κ1) is 17.9. The first-order valence-electron chi connectivity index (χ1n) is 7.97. The number of nitrogens with zero attached hydrogens (tertiary/aromatic N) is 1.